The zero-order valence-electron chi connectivity index (χ0n) is 13.7. The van der Waals surface area contributed by atoms with Crippen molar-refractivity contribution in [2.24, 2.45) is 5.16 Å². The van der Waals surface area contributed by atoms with E-state index in [4.69, 9.17) is 9.57 Å². The summed E-state index contributed by atoms with van der Waals surface area (Å²) >= 11 is 1.72. The number of amides is 1. The van der Waals surface area contributed by atoms with E-state index in [0.29, 0.717) is 18.7 Å². The van der Waals surface area contributed by atoms with E-state index in [1.54, 1.807) is 11.3 Å². The van der Waals surface area contributed by atoms with E-state index in [1.165, 1.54) is 5.56 Å². The molecule has 0 bridgehead atoms. The smallest absolute Gasteiger partial charge is 0.269 e. The second kappa shape index (κ2) is 6.82. The largest absolute Gasteiger partial charge is 0.387 e. The summed E-state index contributed by atoms with van der Waals surface area (Å²) < 4.78 is 5.53. The van der Waals surface area contributed by atoms with Crippen molar-refractivity contribution in [1.82, 2.24) is 10.2 Å². The molecule has 0 aliphatic carbocycles. The zero-order valence-corrected chi connectivity index (χ0v) is 14.5. The van der Waals surface area contributed by atoms with Gasteiger partial charge in [-0.05, 0) is 35.2 Å². The molecule has 0 unspecified atom stereocenters. The Bertz CT molecular complexity index is 613. The molecule has 3 aliphatic rings. The molecule has 130 valence electrons. The van der Waals surface area contributed by atoms with Crippen LogP contribution in [0, 0.1) is 0 Å². The van der Waals surface area contributed by atoms with Gasteiger partial charge in [-0.1, -0.05) is 5.16 Å². The normalized spacial score (nSPS) is 29.8. The van der Waals surface area contributed by atoms with Crippen LogP contribution in [-0.4, -0.2) is 54.5 Å². The lowest BCUT2D eigenvalue weighted by molar-refractivity contribution is -0.115. The number of rotatable bonds is 5. The topological polar surface area (TPSA) is 63.2 Å². The van der Waals surface area contributed by atoms with Crippen LogP contribution in [0.3, 0.4) is 0 Å². The van der Waals surface area contributed by atoms with Gasteiger partial charge in [0.2, 0.25) is 0 Å². The predicted molar refractivity (Wildman–Crippen MR) is 92.1 cm³/mol. The monoisotopic (exact) mass is 349 g/mol. The summed E-state index contributed by atoms with van der Waals surface area (Å²) in [6, 6.07) is 2.16. The zero-order chi connectivity index (χ0) is 16.4. The molecule has 6 nitrogen and oxygen atoms in total. The van der Waals surface area contributed by atoms with Crippen LogP contribution in [0.5, 0.6) is 0 Å². The first-order chi connectivity index (χ1) is 11.7. The van der Waals surface area contributed by atoms with Gasteiger partial charge in [-0.3, -0.25) is 9.69 Å². The first-order valence-electron chi connectivity index (χ1n) is 8.61. The van der Waals surface area contributed by atoms with Crippen LogP contribution in [0.1, 0.15) is 31.2 Å². The van der Waals surface area contributed by atoms with Crippen molar-refractivity contribution in [3.63, 3.8) is 0 Å². The molecule has 2 atom stereocenters. The van der Waals surface area contributed by atoms with Gasteiger partial charge in [0.25, 0.3) is 5.91 Å². The van der Waals surface area contributed by atoms with Gasteiger partial charge >= 0.3 is 0 Å². The Labute approximate surface area is 145 Å². The number of hydrogen-bond acceptors (Lipinski definition) is 6. The van der Waals surface area contributed by atoms with E-state index in [-0.39, 0.29) is 17.6 Å². The van der Waals surface area contributed by atoms with Crippen LogP contribution in [0.15, 0.2) is 22.0 Å². The number of ether oxygens (including phenoxy) is 1. The maximum Gasteiger partial charge on any atom is 0.269 e. The summed E-state index contributed by atoms with van der Waals surface area (Å²) in [5.74, 6) is -0.112. The van der Waals surface area contributed by atoms with Gasteiger partial charge in [-0.25, -0.2) is 0 Å². The molecule has 1 amide bonds. The standard InChI is InChI=1S/C17H23N3O3S/c21-16(18-9-14-2-1-6-22-14)15-8-17(23-19-15)4-5-20(12-17)10-13-3-7-24-11-13/h3,7,11,14H,1-2,4-6,8-10,12H2,(H,18,21)/t14-,17-/m1/s1. The molecule has 0 saturated carbocycles. The summed E-state index contributed by atoms with van der Waals surface area (Å²) in [5, 5.41) is 11.3. The van der Waals surface area contributed by atoms with E-state index in [9.17, 15) is 4.79 Å². The Balaban J connectivity index is 1.26. The summed E-state index contributed by atoms with van der Waals surface area (Å²) in [6.07, 6.45) is 3.77. The highest BCUT2D eigenvalue weighted by Crippen LogP contribution is 2.34. The van der Waals surface area contributed by atoms with E-state index < -0.39 is 0 Å². The van der Waals surface area contributed by atoms with Crippen LogP contribution < -0.4 is 5.32 Å². The molecule has 4 heterocycles. The van der Waals surface area contributed by atoms with Crippen molar-refractivity contribution in [2.75, 3.05) is 26.2 Å². The average Bonchev–Trinajstić information content (AvgIpc) is 3.35. The molecule has 0 radical (unpaired) electrons. The van der Waals surface area contributed by atoms with Crippen LogP contribution in [-0.2, 0) is 20.9 Å². The molecule has 4 rings (SSSR count). The molecule has 0 aromatic carbocycles. The average molecular weight is 349 g/mol. The Kier molecular flexibility index (Phi) is 4.56. The van der Waals surface area contributed by atoms with Gasteiger partial charge in [-0.15, -0.1) is 0 Å². The summed E-state index contributed by atoms with van der Waals surface area (Å²) in [4.78, 5) is 20.4. The van der Waals surface area contributed by atoms with Gasteiger partial charge in [0.15, 0.2) is 5.60 Å². The lowest BCUT2D eigenvalue weighted by atomic mass is 9.96. The molecule has 24 heavy (non-hydrogen) atoms. The Morgan fingerprint density at radius 1 is 1.54 bits per heavy atom. The van der Waals surface area contributed by atoms with Crippen molar-refractivity contribution >= 4 is 23.0 Å². The van der Waals surface area contributed by atoms with E-state index in [2.05, 4.69) is 32.2 Å². The van der Waals surface area contributed by atoms with Gasteiger partial charge in [0, 0.05) is 45.6 Å². The molecular formula is C17H23N3O3S. The first kappa shape index (κ1) is 16.1. The summed E-state index contributed by atoms with van der Waals surface area (Å²) in [5.41, 5.74) is 1.54. The number of nitrogens with one attached hydrogen (secondary N) is 1. The third-order valence-electron chi connectivity index (χ3n) is 5.00. The highest BCUT2D eigenvalue weighted by atomic mass is 32.1. The lowest BCUT2D eigenvalue weighted by Crippen LogP contribution is -2.39. The third kappa shape index (κ3) is 3.48. The number of likely N-dealkylation sites (tertiary alicyclic amines) is 1. The van der Waals surface area contributed by atoms with E-state index >= 15 is 0 Å². The van der Waals surface area contributed by atoms with E-state index in [1.807, 2.05) is 0 Å². The van der Waals surface area contributed by atoms with Crippen molar-refractivity contribution in [2.45, 2.75) is 43.9 Å². The maximum atomic E-state index is 12.3. The Hall–Kier alpha value is -1.44. The van der Waals surface area contributed by atoms with Crippen molar-refractivity contribution in [3.05, 3.63) is 22.4 Å². The number of carbonyl (C=O) groups is 1. The van der Waals surface area contributed by atoms with Gasteiger partial charge in [-0.2, -0.15) is 11.3 Å². The molecule has 7 heteroatoms. The van der Waals surface area contributed by atoms with Crippen LogP contribution in [0.25, 0.3) is 0 Å². The van der Waals surface area contributed by atoms with Crippen molar-refractivity contribution < 1.29 is 14.4 Å². The molecule has 3 aliphatic heterocycles. The number of nitrogens with zero attached hydrogens (tertiary/aromatic N) is 2. The minimum absolute atomic E-state index is 0.112. The highest BCUT2D eigenvalue weighted by molar-refractivity contribution is 7.07. The Morgan fingerprint density at radius 3 is 3.29 bits per heavy atom. The van der Waals surface area contributed by atoms with Crippen LogP contribution in [0.2, 0.25) is 0 Å². The first-order valence-corrected chi connectivity index (χ1v) is 9.55. The van der Waals surface area contributed by atoms with Crippen molar-refractivity contribution in [3.8, 4) is 0 Å². The number of oxime groups is 1. The van der Waals surface area contributed by atoms with Gasteiger partial charge < -0.3 is 14.9 Å². The van der Waals surface area contributed by atoms with Gasteiger partial charge in [0.1, 0.15) is 5.71 Å². The molecule has 1 N–H and O–H groups in total. The van der Waals surface area contributed by atoms with Crippen LogP contribution >= 0.6 is 11.3 Å². The van der Waals surface area contributed by atoms with Crippen molar-refractivity contribution in [1.29, 1.82) is 0 Å². The SMILES string of the molecule is O=C(NC[C@H]1CCCO1)C1=NO[C@]2(CCN(Cc3ccsc3)C2)C1. The lowest BCUT2D eigenvalue weighted by Gasteiger charge is -2.21. The molecule has 1 spiro atoms. The number of hydrogen-bond donors (Lipinski definition) is 1. The van der Waals surface area contributed by atoms with Gasteiger partial charge in [0.05, 0.1) is 6.10 Å². The van der Waals surface area contributed by atoms with Crippen LogP contribution in [0.4, 0.5) is 0 Å². The summed E-state index contributed by atoms with van der Waals surface area (Å²) in [6.45, 7) is 4.11. The molecular weight excluding hydrogens is 326 g/mol. The fourth-order valence-corrected chi connectivity index (χ4v) is 4.34. The molecule has 2 fully saturated rings. The Morgan fingerprint density at radius 2 is 2.50 bits per heavy atom. The second-order valence-corrected chi connectivity index (χ2v) is 7.71. The summed E-state index contributed by atoms with van der Waals surface area (Å²) in [7, 11) is 0. The second-order valence-electron chi connectivity index (χ2n) is 6.93. The third-order valence-corrected chi connectivity index (χ3v) is 5.73. The minimum Gasteiger partial charge on any atom is -0.387 e. The maximum absolute atomic E-state index is 12.3. The quantitative estimate of drug-likeness (QED) is 0.880. The number of thiophene rings is 1. The van der Waals surface area contributed by atoms with E-state index in [0.717, 1.165) is 45.5 Å². The molecule has 2 saturated heterocycles. The predicted octanol–water partition coefficient (Wildman–Crippen LogP) is 1.76. The molecule has 1 aromatic heterocycles. The fourth-order valence-electron chi connectivity index (χ4n) is 3.68. The highest BCUT2D eigenvalue weighted by Gasteiger charge is 2.46. The minimum atomic E-state index is -0.313. The fraction of sp³-hybridized carbons (Fsp3) is 0.647. The molecule has 1 aromatic rings. The number of carbonyl (C=O) groups excluding carboxylic acids is 1.